The normalized spacial score (nSPS) is 7.36. The Hall–Kier alpha value is 1.12. The van der Waals surface area contributed by atoms with Gasteiger partial charge in [0.2, 0.25) is 0 Å². The summed E-state index contributed by atoms with van der Waals surface area (Å²) in [7, 11) is -3.37. The Labute approximate surface area is 129 Å². The summed E-state index contributed by atoms with van der Waals surface area (Å²) in [5, 5.41) is 9.88. The summed E-state index contributed by atoms with van der Waals surface area (Å²) < 4.78 is 25.4. The van der Waals surface area contributed by atoms with Gasteiger partial charge in [-0.15, -0.1) is 0 Å². The van der Waals surface area contributed by atoms with Gasteiger partial charge in [0.25, 0.3) is 0 Å². The Morgan fingerprint density at radius 2 is 1.64 bits per heavy atom. The van der Waals surface area contributed by atoms with Crippen molar-refractivity contribution >= 4 is 17.0 Å². The van der Waals surface area contributed by atoms with Gasteiger partial charge in [-0.25, -0.2) is 8.42 Å². The van der Waals surface area contributed by atoms with Gasteiger partial charge in [-0.05, 0) is 12.0 Å². The van der Waals surface area contributed by atoms with E-state index in [0.29, 0.717) is 6.42 Å². The topological polar surface area (TPSA) is 97.3 Å². The summed E-state index contributed by atoms with van der Waals surface area (Å²) >= 11 is 0. The van der Waals surface area contributed by atoms with Crippen molar-refractivity contribution in [3.63, 3.8) is 0 Å². The van der Waals surface area contributed by atoms with Crippen molar-refractivity contribution in [1.29, 1.82) is 0 Å². The number of aliphatic carboxylic acids is 1. The van der Waals surface area contributed by atoms with Crippen LogP contribution in [-0.2, 0) is 15.8 Å². The maximum Gasteiger partial charge on any atom is 1.00 e. The van der Waals surface area contributed by atoms with Crippen LogP contribution in [0.2, 0.25) is 0 Å². The summed E-state index contributed by atoms with van der Waals surface area (Å²) in [5.74, 6) is -1.13. The van der Waals surface area contributed by atoms with E-state index in [4.69, 9.17) is 13.0 Å². The molecule has 5 nitrogen and oxygen atoms in total. The molecular formula is C6H10Na2O5S. The Morgan fingerprint density at radius 1 is 1.36 bits per heavy atom. The SMILES string of the molecule is C=C(CCC)C(=O)[O-].O=[SH](=O)[O-].[Na+].[Na+]. The minimum absolute atomic E-state index is 0. The molecule has 0 heterocycles. The van der Waals surface area contributed by atoms with Crippen molar-refractivity contribution in [2.24, 2.45) is 0 Å². The molecule has 0 radical (unpaired) electrons. The molecule has 0 saturated heterocycles. The van der Waals surface area contributed by atoms with Crippen LogP contribution in [-0.4, -0.2) is 18.9 Å². The van der Waals surface area contributed by atoms with Gasteiger partial charge < -0.3 is 14.5 Å². The van der Waals surface area contributed by atoms with Gasteiger partial charge in [0.1, 0.15) is 0 Å². The summed E-state index contributed by atoms with van der Waals surface area (Å²) in [4.78, 5) is 9.88. The Bertz CT molecular complexity index is 218. The maximum atomic E-state index is 9.88. The van der Waals surface area contributed by atoms with E-state index in [-0.39, 0.29) is 64.7 Å². The summed E-state index contributed by atoms with van der Waals surface area (Å²) in [6.45, 7) is 5.18. The number of hydrogen-bond donors (Lipinski definition) is 1. The van der Waals surface area contributed by atoms with E-state index in [0.717, 1.165) is 6.42 Å². The largest absolute Gasteiger partial charge is 1.00 e. The Balaban J connectivity index is -0.0000000733. The van der Waals surface area contributed by atoms with Crippen LogP contribution in [0, 0.1) is 0 Å². The molecule has 0 aromatic heterocycles. The average Bonchev–Trinajstić information content (AvgIpc) is 1.86. The van der Waals surface area contributed by atoms with Gasteiger partial charge in [-0.2, -0.15) is 0 Å². The molecule has 0 aliphatic heterocycles. The predicted octanol–water partition coefficient (Wildman–Crippen LogP) is -7.17. The van der Waals surface area contributed by atoms with Gasteiger partial charge in [0.15, 0.2) is 0 Å². The second kappa shape index (κ2) is 16.5. The molecule has 72 valence electrons. The molecule has 0 fully saturated rings. The third-order valence-electron chi connectivity index (χ3n) is 0.840. The quantitative estimate of drug-likeness (QED) is 0.229. The molecule has 0 unspecified atom stereocenters. The second-order valence-corrected chi connectivity index (χ2v) is 2.31. The number of carbonyl (C=O) groups is 1. The summed E-state index contributed by atoms with van der Waals surface area (Å²) in [6, 6.07) is 0. The van der Waals surface area contributed by atoms with Crippen LogP contribution >= 0.6 is 0 Å². The van der Waals surface area contributed by atoms with E-state index < -0.39 is 17.0 Å². The molecule has 14 heavy (non-hydrogen) atoms. The first-order valence-electron chi connectivity index (χ1n) is 3.12. The molecule has 8 heteroatoms. The molecule has 0 saturated carbocycles. The van der Waals surface area contributed by atoms with Crippen molar-refractivity contribution in [1.82, 2.24) is 0 Å². The summed E-state index contributed by atoms with van der Waals surface area (Å²) in [5.41, 5.74) is 0.188. The van der Waals surface area contributed by atoms with E-state index >= 15 is 0 Å². The van der Waals surface area contributed by atoms with Crippen molar-refractivity contribution in [3.05, 3.63) is 12.2 Å². The first kappa shape index (κ1) is 24.4. The minimum Gasteiger partial charge on any atom is -0.750 e. The number of rotatable bonds is 3. The maximum absolute atomic E-state index is 9.88. The molecular weight excluding hydrogens is 230 g/mol. The molecule has 0 aromatic rings. The fraction of sp³-hybridized carbons (Fsp3) is 0.500. The van der Waals surface area contributed by atoms with Crippen LogP contribution in [0.1, 0.15) is 19.8 Å². The molecule has 0 rings (SSSR count). The molecule has 0 spiro atoms. The zero-order valence-corrected chi connectivity index (χ0v) is 13.5. The predicted molar refractivity (Wildman–Crippen MR) is 40.1 cm³/mol. The molecule has 0 N–H and O–H groups in total. The van der Waals surface area contributed by atoms with Crippen molar-refractivity contribution in [2.75, 3.05) is 0 Å². The molecule has 0 aromatic carbocycles. The molecule has 0 bridgehead atoms. The van der Waals surface area contributed by atoms with Crippen LogP contribution in [0.15, 0.2) is 12.2 Å². The van der Waals surface area contributed by atoms with Gasteiger partial charge in [0, 0.05) is 0 Å². The number of thiol groups is 1. The monoisotopic (exact) mass is 240 g/mol. The Kier molecular flexibility index (Phi) is 28.8. The van der Waals surface area contributed by atoms with Crippen LogP contribution in [0.25, 0.3) is 0 Å². The van der Waals surface area contributed by atoms with Crippen LogP contribution in [0.4, 0.5) is 0 Å². The molecule has 0 aliphatic rings. The van der Waals surface area contributed by atoms with E-state index in [1.54, 1.807) is 0 Å². The van der Waals surface area contributed by atoms with Crippen LogP contribution in [0.3, 0.4) is 0 Å². The second-order valence-electron chi connectivity index (χ2n) is 1.86. The van der Waals surface area contributed by atoms with E-state index in [1.807, 2.05) is 6.92 Å². The van der Waals surface area contributed by atoms with E-state index in [2.05, 4.69) is 6.58 Å². The Morgan fingerprint density at radius 3 is 1.71 bits per heavy atom. The molecule has 0 aliphatic carbocycles. The standard InChI is InChI=1S/C6H10O2.2Na.H2O3S/c1-3-4-5(2)6(7)8;;;1-4(2)3/h2-4H2,1H3,(H,7,8);;;4H,(H,1,2,3)/q;2*+1;/p-2. The van der Waals surface area contributed by atoms with Crippen molar-refractivity contribution in [2.45, 2.75) is 19.8 Å². The number of carboxylic acids is 1. The zero-order valence-electron chi connectivity index (χ0n) is 8.61. The first-order chi connectivity index (χ1) is 5.41. The van der Waals surface area contributed by atoms with Gasteiger partial charge in [0.05, 0.1) is 17.0 Å². The fourth-order valence-electron chi connectivity index (χ4n) is 0.404. The van der Waals surface area contributed by atoms with Crippen LogP contribution in [0.5, 0.6) is 0 Å². The zero-order chi connectivity index (χ0) is 10.1. The third-order valence-corrected chi connectivity index (χ3v) is 0.840. The van der Waals surface area contributed by atoms with E-state index in [9.17, 15) is 9.90 Å². The molecule has 0 amide bonds. The fourth-order valence-corrected chi connectivity index (χ4v) is 0.404. The van der Waals surface area contributed by atoms with E-state index in [1.165, 1.54) is 0 Å². The number of carboxylic acid groups (broad SMARTS) is 1. The minimum atomic E-state index is -3.37. The van der Waals surface area contributed by atoms with Gasteiger partial charge in [-0.1, -0.05) is 19.9 Å². The van der Waals surface area contributed by atoms with Gasteiger partial charge >= 0.3 is 59.1 Å². The first-order valence-corrected chi connectivity index (χ1v) is 4.22. The van der Waals surface area contributed by atoms with Crippen molar-refractivity contribution in [3.8, 4) is 0 Å². The smallest absolute Gasteiger partial charge is 0.750 e. The average molecular weight is 240 g/mol. The third kappa shape index (κ3) is 29.2. The number of carbonyl (C=O) groups excluding carboxylic acids is 1. The molecule has 0 atom stereocenters. The van der Waals surface area contributed by atoms with Crippen LogP contribution < -0.4 is 64.2 Å². The number of hydrogen-bond acceptors (Lipinski definition) is 5. The summed E-state index contributed by atoms with van der Waals surface area (Å²) in [6.07, 6.45) is 1.34. The van der Waals surface area contributed by atoms with Gasteiger partial charge in [-0.3, -0.25) is 0 Å². The van der Waals surface area contributed by atoms with Crippen molar-refractivity contribution < 1.29 is 82.0 Å².